The number of aliphatic hydroxyl groups is 3. The number of carbonyl (C=O) groups excluding carboxylic acids is 2. The molecule has 64 heavy (non-hydrogen) atoms. The Morgan fingerprint density at radius 2 is 0.984 bits per heavy atom. The standard InChI is InChI=1S/C51H90O12S/c1-3-5-7-9-11-13-15-17-19-20-21-22-23-24-26-28-30-32-34-36-38-40-47(53)62-44(42-61-51-50(56)49(55)48(54)45(63-51)43-64(57,58)59)41-60-46(52)39-37-35-33-31-29-27-25-18-16-14-12-10-8-6-4-2/h5,7,11,13,17,19,21-22,44-45,48-51,54-56H,3-4,6,8-10,12,14-16,18,20,23-43H2,1-2H3,(H,57,58,59)/b7-5-,13-11-,19-17-,22-21-. The quantitative estimate of drug-likeness (QED) is 0.0197. The van der Waals surface area contributed by atoms with Crippen LogP contribution < -0.4 is 0 Å². The van der Waals surface area contributed by atoms with E-state index in [9.17, 15) is 37.9 Å². The van der Waals surface area contributed by atoms with Crippen molar-refractivity contribution in [1.82, 2.24) is 0 Å². The van der Waals surface area contributed by atoms with Crippen molar-refractivity contribution in [2.45, 2.75) is 243 Å². The van der Waals surface area contributed by atoms with Gasteiger partial charge in [-0.15, -0.1) is 0 Å². The fraction of sp³-hybridized carbons (Fsp3) is 0.804. The number of aliphatic hydroxyl groups excluding tert-OH is 3. The molecule has 6 atom stereocenters. The molecule has 0 aromatic rings. The van der Waals surface area contributed by atoms with Gasteiger partial charge in [0.15, 0.2) is 12.4 Å². The Labute approximate surface area is 388 Å². The SMILES string of the molecule is CC/C=C\C/C=C\C/C=C\C/C=C\CCCCCCCCCCC(=O)OC(COC(=O)CCCCCCCCCCCCCCCCC)COC1OC(CS(=O)(=O)O)C(O)C(O)C1O. The van der Waals surface area contributed by atoms with Gasteiger partial charge in [0.25, 0.3) is 10.1 Å². The van der Waals surface area contributed by atoms with Gasteiger partial charge in [-0.25, -0.2) is 0 Å². The Morgan fingerprint density at radius 3 is 1.47 bits per heavy atom. The van der Waals surface area contributed by atoms with E-state index in [2.05, 4.69) is 62.5 Å². The van der Waals surface area contributed by atoms with Crippen LogP contribution in [0.1, 0.15) is 206 Å². The van der Waals surface area contributed by atoms with Crippen molar-refractivity contribution in [2.24, 2.45) is 0 Å². The van der Waals surface area contributed by atoms with E-state index in [0.717, 1.165) is 77.0 Å². The average molecular weight is 927 g/mol. The maximum Gasteiger partial charge on any atom is 0.306 e. The number of allylic oxidation sites excluding steroid dienone is 8. The zero-order valence-corrected chi connectivity index (χ0v) is 40.7. The lowest BCUT2D eigenvalue weighted by Crippen LogP contribution is -2.60. The van der Waals surface area contributed by atoms with Crippen LogP contribution in [0.3, 0.4) is 0 Å². The lowest BCUT2D eigenvalue weighted by Gasteiger charge is -2.40. The second-order valence-corrected chi connectivity index (χ2v) is 19.0. The number of hydrogen-bond acceptors (Lipinski definition) is 11. The molecule has 0 saturated carbocycles. The van der Waals surface area contributed by atoms with Crippen LogP contribution in [0.5, 0.6) is 0 Å². The Morgan fingerprint density at radius 1 is 0.547 bits per heavy atom. The van der Waals surface area contributed by atoms with Crippen LogP contribution in [0.25, 0.3) is 0 Å². The normalized spacial score (nSPS) is 20.0. The van der Waals surface area contributed by atoms with Crippen LogP contribution in [0.4, 0.5) is 0 Å². The molecule has 0 spiro atoms. The summed E-state index contributed by atoms with van der Waals surface area (Å²) < 4.78 is 54.2. The van der Waals surface area contributed by atoms with Crippen LogP contribution in [0, 0.1) is 0 Å². The summed E-state index contributed by atoms with van der Waals surface area (Å²) in [5.74, 6) is -1.99. The van der Waals surface area contributed by atoms with E-state index in [1.807, 2.05) is 0 Å². The molecule has 0 aromatic carbocycles. The van der Waals surface area contributed by atoms with Crippen molar-refractivity contribution in [3.63, 3.8) is 0 Å². The summed E-state index contributed by atoms with van der Waals surface area (Å²) in [6.45, 7) is 3.66. The molecule has 1 aliphatic rings. The fourth-order valence-electron chi connectivity index (χ4n) is 7.55. The van der Waals surface area contributed by atoms with Gasteiger partial charge in [-0.05, 0) is 51.4 Å². The van der Waals surface area contributed by atoms with Crippen molar-refractivity contribution >= 4 is 22.1 Å². The van der Waals surface area contributed by atoms with Gasteiger partial charge in [0, 0.05) is 12.8 Å². The Hall–Kier alpha value is -2.39. The van der Waals surface area contributed by atoms with Gasteiger partial charge in [0.1, 0.15) is 36.8 Å². The zero-order chi connectivity index (χ0) is 46.9. The lowest BCUT2D eigenvalue weighted by atomic mass is 10.00. The van der Waals surface area contributed by atoms with Gasteiger partial charge >= 0.3 is 11.9 Å². The summed E-state index contributed by atoms with van der Waals surface area (Å²) in [5, 5.41) is 31.0. The molecule has 0 amide bonds. The Balaban J connectivity index is 2.38. The van der Waals surface area contributed by atoms with E-state index >= 15 is 0 Å². The minimum atomic E-state index is -4.61. The van der Waals surface area contributed by atoms with Crippen LogP contribution in [0.15, 0.2) is 48.6 Å². The molecule has 0 bridgehead atoms. The first-order chi connectivity index (χ1) is 31.0. The fourth-order valence-corrected chi connectivity index (χ4v) is 8.24. The number of rotatable bonds is 42. The van der Waals surface area contributed by atoms with Gasteiger partial charge in [-0.3, -0.25) is 14.1 Å². The number of ether oxygens (including phenoxy) is 4. The van der Waals surface area contributed by atoms with E-state index in [1.54, 1.807) is 0 Å². The minimum absolute atomic E-state index is 0.155. The number of carbonyl (C=O) groups is 2. The first-order valence-electron chi connectivity index (χ1n) is 25.2. The van der Waals surface area contributed by atoms with Crippen molar-refractivity contribution in [1.29, 1.82) is 0 Å². The highest BCUT2D eigenvalue weighted by atomic mass is 32.2. The summed E-state index contributed by atoms with van der Waals surface area (Å²) in [4.78, 5) is 25.5. The molecule has 4 N–H and O–H groups in total. The van der Waals surface area contributed by atoms with Crippen LogP contribution in [-0.4, -0.2) is 96.0 Å². The van der Waals surface area contributed by atoms with Crippen molar-refractivity contribution in [3.8, 4) is 0 Å². The van der Waals surface area contributed by atoms with E-state index in [0.29, 0.717) is 12.8 Å². The highest BCUT2D eigenvalue weighted by molar-refractivity contribution is 7.85. The van der Waals surface area contributed by atoms with Gasteiger partial charge in [0.05, 0.1) is 6.61 Å². The van der Waals surface area contributed by atoms with Gasteiger partial charge in [0.2, 0.25) is 0 Å². The third-order valence-electron chi connectivity index (χ3n) is 11.4. The van der Waals surface area contributed by atoms with Crippen LogP contribution in [-0.2, 0) is 38.7 Å². The molecule has 1 aliphatic heterocycles. The van der Waals surface area contributed by atoms with Gasteiger partial charge in [-0.2, -0.15) is 8.42 Å². The second-order valence-electron chi connectivity index (χ2n) is 17.5. The van der Waals surface area contributed by atoms with E-state index in [1.165, 1.54) is 89.9 Å². The van der Waals surface area contributed by atoms with Crippen molar-refractivity contribution in [3.05, 3.63) is 48.6 Å². The van der Waals surface area contributed by atoms with Gasteiger partial charge in [-0.1, -0.05) is 191 Å². The molecule has 1 fully saturated rings. The summed E-state index contributed by atoms with van der Waals surface area (Å²) in [6.07, 6.45) is 40.0. The molecule has 1 rings (SSSR count). The maximum absolute atomic E-state index is 12.9. The molecule has 0 radical (unpaired) electrons. The average Bonchev–Trinajstić information content (AvgIpc) is 3.26. The lowest BCUT2D eigenvalue weighted by molar-refractivity contribution is -0.297. The molecule has 0 aliphatic carbocycles. The highest BCUT2D eigenvalue weighted by Gasteiger charge is 2.46. The Bertz CT molecular complexity index is 1360. The predicted molar refractivity (Wildman–Crippen MR) is 256 cm³/mol. The zero-order valence-electron chi connectivity index (χ0n) is 39.9. The summed E-state index contributed by atoms with van der Waals surface area (Å²) in [6, 6.07) is 0. The minimum Gasteiger partial charge on any atom is -0.462 e. The number of unbranched alkanes of at least 4 members (excludes halogenated alkanes) is 22. The first kappa shape index (κ1) is 59.6. The predicted octanol–water partition coefficient (Wildman–Crippen LogP) is 11.1. The topological polar surface area (TPSA) is 186 Å². The van der Waals surface area contributed by atoms with Crippen LogP contribution in [0.2, 0.25) is 0 Å². The smallest absolute Gasteiger partial charge is 0.306 e. The number of esters is 2. The molecule has 1 heterocycles. The van der Waals surface area contributed by atoms with E-state index < -0.39 is 71.2 Å². The Kier molecular flexibility index (Phi) is 38.1. The largest absolute Gasteiger partial charge is 0.462 e. The summed E-state index contributed by atoms with van der Waals surface area (Å²) in [5.41, 5.74) is 0. The molecule has 12 nitrogen and oxygen atoms in total. The van der Waals surface area contributed by atoms with Crippen molar-refractivity contribution < 1.29 is 56.8 Å². The third kappa shape index (κ3) is 34.9. The second kappa shape index (κ2) is 40.8. The number of hydrogen-bond donors (Lipinski definition) is 4. The van der Waals surface area contributed by atoms with Crippen LogP contribution >= 0.6 is 0 Å². The molecule has 372 valence electrons. The molecule has 1 saturated heterocycles. The highest BCUT2D eigenvalue weighted by Crippen LogP contribution is 2.24. The van der Waals surface area contributed by atoms with E-state index in [-0.39, 0.29) is 19.4 Å². The maximum atomic E-state index is 12.9. The van der Waals surface area contributed by atoms with E-state index in [4.69, 9.17) is 18.9 Å². The van der Waals surface area contributed by atoms with Gasteiger partial charge < -0.3 is 34.3 Å². The molecule has 13 heteroatoms. The molecular weight excluding hydrogens is 837 g/mol. The first-order valence-corrected chi connectivity index (χ1v) is 26.8. The molecular formula is C51H90O12S. The monoisotopic (exact) mass is 927 g/mol. The summed E-state index contributed by atoms with van der Waals surface area (Å²) >= 11 is 0. The third-order valence-corrected chi connectivity index (χ3v) is 12.2. The molecule has 0 aromatic heterocycles. The molecule has 6 unspecified atom stereocenters. The summed E-state index contributed by atoms with van der Waals surface area (Å²) in [7, 11) is -4.61. The van der Waals surface area contributed by atoms with Crippen molar-refractivity contribution in [2.75, 3.05) is 19.0 Å².